The summed E-state index contributed by atoms with van der Waals surface area (Å²) in [5, 5.41) is 3.75. The van der Waals surface area contributed by atoms with Crippen LogP contribution in [0.3, 0.4) is 0 Å². The first-order valence-electron chi connectivity index (χ1n) is 8.63. The predicted molar refractivity (Wildman–Crippen MR) is 89.7 cm³/mol. The Morgan fingerprint density at radius 2 is 1.76 bits per heavy atom. The molecule has 2 heteroatoms. The normalized spacial score (nSPS) is 18.8. The molecule has 21 heavy (non-hydrogen) atoms. The van der Waals surface area contributed by atoms with E-state index in [1.807, 2.05) is 7.11 Å². The number of hydrogen-bond donors (Lipinski definition) is 1. The molecule has 0 radical (unpaired) electrons. The topological polar surface area (TPSA) is 21.3 Å². The highest BCUT2D eigenvalue weighted by Crippen LogP contribution is 2.42. The fourth-order valence-corrected chi connectivity index (χ4v) is 3.65. The first kappa shape index (κ1) is 16.5. The second-order valence-corrected chi connectivity index (χ2v) is 6.35. The Kier molecular flexibility index (Phi) is 6.25. The lowest BCUT2D eigenvalue weighted by molar-refractivity contribution is -0.0367. The van der Waals surface area contributed by atoms with Crippen molar-refractivity contribution >= 4 is 0 Å². The number of rotatable bonds is 8. The van der Waals surface area contributed by atoms with E-state index in [-0.39, 0.29) is 5.60 Å². The molecular weight excluding hydrogens is 258 g/mol. The lowest BCUT2D eigenvalue weighted by atomic mass is 9.86. The van der Waals surface area contributed by atoms with Crippen LogP contribution >= 0.6 is 0 Å². The van der Waals surface area contributed by atoms with Gasteiger partial charge in [0, 0.05) is 7.11 Å². The largest absolute Gasteiger partial charge is 0.376 e. The lowest BCUT2D eigenvalue weighted by Gasteiger charge is -2.37. The number of nitrogens with one attached hydrogen (secondary N) is 1. The average molecular weight is 289 g/mol. The molecule has 2 nitrogen and oxygen atoms in total. The highest BCUT2D eigenvalue weighted by atomic mass is 16.5. The number of methoxy groups -OCH3 is 1. The Balaban J connectivity index is 2.22. The second-order valence-electron chi connectivity index (χ2n) is 6.35. The molecule has 1 aromatic rings. The Morgan fingerprint density at radius 3 is 2.29 bits per heavy atom. The van der Waals surface area contributed by atoms with E-state index in [9.17, 15) is 0 Å². The van der Waals surface area contributed by atoms with E-state index >= 15 is 0 Å². The fourth-order valence-electron chi connectivity index (χ4n) is 3.65. The predicted octanol–water partition coefficient (Wildman–Crippen LogP) is 4.64. The highest BCUT2D eigenvalue weighted by Gasteiger charge is 2.42. The molecule has 1 atom stereocenters. The Hall–Kier alpha value is -0.860. The van der Waals surface area contributed by atoms with Gasteiger partial charge in [-0.2, -0.15) is 0 Å². The summed E-state index contributed by atoms with van der Waals surface area (Å²) in [6.45, 7) is 5.51. The summed E-state index contributed by atoms with van der Waals surface area (Å²) in [5.74, 6) is 0. The summed E-state index contributed by atoms with van der Waals surface area (Å²) in [6, 6.07) is 9.50. The quantitative estimate of drug-likeness (QED) is 0.753. The maximum absolute atomic E-state index is 6.03. The van der Waals surface area contributed by atoms with E-state index in [4.69, 9.17) is 4.74 Å². The fraction of sp³-hybridized carbons (Fsp3) is 0.684. The monoisotopic (exact) mass is 289 g/mol. The van der Waals surface area contributed by atoms with E-state index in [0.717, 1.165) is 13.0 Å². The van der Waals surface area contributed by atoms with Gasteiger partial charge in [0.05, 0.1) is 11.6 Å². The molecule has 1 N–H and O–H groups in total. The zero-order valence-corrected chi connectivity index (χ0v) is 14.0. The maximum Gasteiger partial charge on any atom is 0.0872 e. The van der Waals surface area contributed by atoms with Gasteiger partial charge >= 0.3 is 0 Å². The summed E-state index contributed by atoms with van der Waals surface area (Å²) in [6.07, 6.45) is 8.44. The molecule has 0 saturated heterocycles. The summed E-state index contributed by atoms with van der Waals surface area (Å²) in [5.41, 5.74) is 2.81. The molecular formula is C19H31NO. The van der Waals surface area contributed by atoms with Crippen LogP contribution in [-0.4, -0.2) is 19.3 Å². The third-order valence-electron chi connectivity index (χ3n) is 4.83. The van der Waals surface area contributed by atoms with Gasteiger partial charge in [-0.1, -0.05) is 57.4 Å². The summed E-state index contributed by atoms with van der Waals surface area (Å²) >= 11 is 0. The van der Waals surface area contributed by atoms with Crippen LogP contribution in [-0.2, 0) is 11.2 Å². The van der Waals surface area contributed by atoms with Crippen molar-refractivity contribution in [2.45, 2.75) is 70.4 Å². The summed E-state index contributed by atoms with van der Waals surface area (Å²) in [4.78, 5) is 0. The van der Waals surface area contributed by atoms with Crippen LogP contribution in [0.4, 0.5) is 0 Å². The van der Waals surface area contributed by atoms with E-state index in [1.165, 1.54) is 49.7 Å². The van der Waals surface area contributed by atoms with Crippen molar-refractivity contribution in [1.29, 1.82) is 0 Å². The zero-order valence-electron chi connectivity index (χ0n) is 14.0. The Bertz CT molecular complexity index is 406. The van der Waals surface area contributed by atoms with Gasteiger partial charge in [-0.3, -0.25) is 0 Å². The van der Waals surface area contributed by atoms with E-state index in [2.05, 4.69) is 43.4 Å². The lowest BCUT2D eigenvalue weighted by Crippen LogP contribution is -2.43. The van der Waals surface area contributed by atoms with Crippen molar-refractivity contribution in [3.63, 3.8) is 0 Å². The minimum atomic E-state index is -0.0125. The molecule has 1 aliphatic carbocycles. The Morgan fingerprint density at radius 1 is 1.10 bits per heavy atom. The van der Waals surface area contributed by atoms with Crippen molar-refractivity contribution in [1.82, 2.24) is 5.32 Å². The smallest absolute Gasteiger partial charge is 0.0872 e. The van der Waals surface area contributed by atoms with Crippen LogP contribution in [0.2, 0.25) is 0 Å². The molecule has 0 amide bonds. The molecule has 0 aromatic heterocycles. The summed E-state index contributed by atoms with van der Waals surface area (Å²) < 4.78 is 6.03. The van der Waals surface area contributed by atoms with Crippen LogP contribution in [0.1, 0.15) is 69.5 Å². The van der Waals surface area contributed by atoms with Gasteiger partial charge < -0.3 is 10.1 Å². The van der Waals surface area contributed by atoms with Crippen LogP contribution in [0.15, 0.2) is 24.3 Å². The van der Waals surface area contributed by atoms with Gasteiger partial charge in [0.15, 0.2) is 0 Å². The maximum atomic E-state index is 6.03. The molecule has 0 heterocycles. The van der Waals surface area contributed by atoms with Crippen molar-refractivity contribution < 1.29 is 4.74 Å². The molecule has 0 bridgehead atoms. The summed E-state index contributed by atoms with van der Waals surface area (Å²) in [7, 11) is 1.89. The minimum absolute atomic E-state index is 0.0125. The SMILES string of the molecule is CCCNC(c1ccc(CCC)cc1)C1(OC)CCCC1. The third-order valence-corrected chi connectivity index (χ3v) is 4.83. The number of benzene rings is 1. The standard InChI is InChI=1S/C19H31NO/c1-4-8-16-9-11-17(12-10-16)18(20-15-5-2)19(21-3)13-6-7-14-19/h9-12,18,20H,4-8,13-15H2,1-3H3. The second kappa shape index (κ2) is 7.95. The highest BCUT2D eigenvalue weighted by molar-refractivity contribution is 5.28. The van der Waals surface area contributed by atoms with Crippen molar-refractivity contribution in [2.24, 2.45) is 0 Å². The number of hydrogen-bond acceptors (Lipinski definition) is 2. The first-order chi connectivity index (χ1) is 10.3. The van der Waals surface area contributed by atoms with Crippen molar-refractivity contribution in [2.75, 3.05) is 13.7 Å². The van der Waals surface area contributed by atoms with Gasteiger partial charge in [0.25, 0.3) is 0 Å². The molecule has 1 unspecified atom stereocenters. The molecule has 0 aliphatic heterocycles. The molecule has 2 rings (SSSR count). The number of aryl methyl sites for hydroxylation is 1. The van der Waals surface area contributed by atoms with Gasteiger partial charge in [-0.05, 0) is 43.4 Å². The van der Waals surface area contributed by atoms with Gasteiger partial charge in [0.1, 0.15) is 0 Å². The van der Waals surface area contributed by atoms with Crippen LogP contribution in [0.25, 0.3) is 0 Å². The van der Waals surface area contributed by atoms with Crippen LogP contribution in [0, 0.1) is 0 Å². The third kappa shape index (κ3) is 3.87. The first-order valence-corrected chi connectivity index (χ1v) is 8.63. The Labute approximate surface area is 130 Å². The molecule has 1 aromatic carbocycles. The van der Waals surface area contributed by atoms with Gasteiger partial charge in [-0.25, -0.2) is 0 Å². The van der Waals surface area contributed by atoms with Gasteiger partial charge in [-0.15, -0.1) is 0 Å². The number of ether oxygens (including phenoxy) is 1. The molecule has 0 spiro atoms. The zero-order chi connectivity index (χ0) is 15.1. The minimum Gasteiger partial charge on any atom is -0.376 e. The average Bonchev–Trinajstić information content (AvgIpc) is 2.99. The van der Waals surface area contributed by atoms with Crippen molar-refractivity contribution in [3.05, 3.63) is 35.4 Å². The molecule has 1 saturated carbocycles. The van der Waals surface area contributed by atoms with E-state index < -0.39 is 0 Å². The molecule has 1 aliphatic rings. The van der Waals surface area contributed by atoms with Gasteiger partial charge in [0.2, 0.25) is 0 Å². The molecule has 1 fully saturated rings. The van der Waals surface area contributed by atoms with Crippen LogP contribution in [0.5, 0.6) is 0 Å². The van der Waals surface area contributed by atoms with E-state index in [0.29, 0.717) is 6.04 Å². The van der Waals surface area contributed by atoms with Crippen LogP contribution < -0.4 is 5.32 Å². The van der Waals surface area contributed by atoms with Crippen molar-refractivity contribution in [3.8, 4) is 0 Å². The molecule has 118 valence electrons. The van der Waals surface area contributed by atoms with E-state index in [1.54, 1.807) is 0 Å².